The van der Waals surface area contributed by atoms with Crippen LogP contribution < -0.4 is 4.74 Å². The lowest BCUT2D eigenvalue weighted by molar-refractivity contribution is -0.128. The van der Waals surface area contributed by atoms with Gasteiger partial charge in [-0.15, -0.1) is 0 Å². The van der Waals surface area contributed by atoms with Crippen molar-refractivity contribution in [3.05, 3.63) is 37.8 Å². The maximum atomic E-state index is 11.0. The average Bonchev–Trinajstić information content (AvgIpc) is 2.29. The Morgan fingerprint density at radius 3 is 1.69 bits per heavy atom. The van der Waals surface area contributed by atoms with Gasteiger partial charge in [-0.25, -0.2) is 4.79 Å². The van der Waals surface area contributed by atoms with Gasteiger partial charge in [0.25, 0.3) is 0 Å². The fraction of sp³-hybridized carbons (Fsp3) is 0. The SMILES string of the molecule is C=CC(=O)Oc1c(Cl)c(Cl)c(Cl)c(Cl)c1Cl. The van der Waals surface area contributed by atoms with E-state index in [4.69, 9.17) is 62.7 Å². The third-order valence-electron chi connectivity index (χ3n) is 1.54. The predicted octanol–water partition coefficient (Wildman–Crippen LogP) is 5.04. The molecule has 0 radical (unpaired) electrons. The summed E-state index contributed by atoms with van der Waals surface area (Å²) in [7, 11) is 0. The third kappa shape index (κ3) is 2.58. The van der Waals surface area contributed by atoms with E-state index >= 15 is 0 Å². The maximum Gasteiger partial charge on any atom is 0.335 e. The Bertz CT molecular complexity index is 440. The second-order valence-electron chi connectivity index (χ2n) is 2.52. The highest BCUT2D eigenvalue weighted by molar-refractivity contribution is 6.55. The van der Waals surface area contributed by atoms with Crippen LogP contribution in [-0.4, -0.2) is 5.97 Å². The van der Waals surface area contributed by atoms with Crippen LogP contribution in [0.3, 0.4) is 0 Å². The van der Waals surface area contributed by atoms with Crippen LogP contribution in [0.4, 0.5) is 0 Å². The van der Waals surface area contributed by atoms with E-state index in [-0.39, 0.29) is 30.9 Å². The van der Waals surface area contributed by atoms with Crippen LogP contribution in [0.1, 0.15) is 0 Å². The summed E-state index contributed by atoms with van der Waals surface area (Å²) in [4.78, 5) is 11.0. The zero-order chi connectivity index (χ0) is 12.5. The van der Waals surface area contributed by atoms with Crippen molar-refractivity contribution in [2.45, 2.75) is 0 Å². The van der Waals surface area contributed by atoms with Crippen molar-refractivity contribution < 1.29 is 9.53 Å². The van der Waals surface area contributed by atoms with Crippen molar-refractivity contribution in [1.29, 1.82) is 0 Å². The molecule has 0 saturated heterocycles. The molecule has 0 aliphatic heterocycles. The zero-order valence-electron chi connectivity index (χ0n) is 7.49. The van der Waals surface area contributed by atoms with Crippen LogP contribution in [0.2, 0.25) is 25.1 Å². The van der Waals surface area contributed by atoms with Gasteiger partial charge >= 0.3 is 5.97 Å². The maximum absolute atomic E-state index is 11.0. The molecule has 0 amide bonds. The molecule has 0 atom stereocenters. The Kier molecular flexibility index (Phi) is 4.77. The molecular weight excluding hydrogens is 317 g/mol. The first-order valence-corrected chi connectivity index (χ1v) is 5.64. The van der Waals surface area contributed by atoms with Gasteiger partial charge in [-0.05, 0) is 0 Å². The van der Waals surface area contributed by atoms with E-state index in [0.29, 0.717) is 0 Å². The molecule has 0 N–H and O–H groups in total. The summed E-state index contributed by atoms with van der Waals surface area (Å²) in [5.41, 5.74) is 0. The quantitative estimate of drug-likeness (QED) is 0.251. The van der Waals surface area contributed by atoms with Crippen molar-refractivity contribution in [1.82, 2.24) is 0 Å². The Morgan fingerprint density at radius 2 is 1.31 bits per heavy atom. The van der Waals surface area contributed by atoms with Gasteiger partial charge in [0.15, 0.2) is 5.75 Å². The highest BCUT2D eigenvalue weighted by atomic mass is 35.5. The molecule has 0 aliphatic rings. The summed E-state index contributed by atoms with van der Waals surface area (Å²) >= 11 is 28.9. The normalized spacial score (nSPS) is 10.1. The van der Waals surface area contributed by atoms with E-state index in [1.165, 1.54) is 0 Å². The number of ether oxygens (including phenoxy) is 1. The molecule has 0 aliphatic carbocycles. The van der Waals surface area contributed by atoms with Crippen LogP contribution in [0.5, 0.6) is 5.75 Å². The van der Waals surface area contributed by atoms with Crippen molar-refractivity contribution in [3.63, 3.8) is 0 Å². The molecule has 1 aromatic rings. The molecule has 7 heteroatoms. The Hall–Kier alpha value is -0.120. The summed E-state index contributed by atoms with van der Waals surface area (Å²) in [6.45, 7) is 3.23. The lowest BCUT2D eigenvalue weighted by Gasteiger charge is -2.11. The number of benzene rings is 1. The van der Waals surface area contributed by atoms with E-state index in [9.17, 15) is 4.79 Å². The van der Waals surface area contributed by atoms with Gasteiger partial charge in [0.2, 0.25) is 0 Å². The standard InChI is InChI=1S/C9H3Cl5O2/c1-2-3(15)16-9-7(13)5(11)4(10)6(12)8(9)14/h2H,1H2. The van der Waals surface area contributed by atoms with Gasteiger partial charge in [0.1, 0.15) is 10.0 Å². The molecule has 86 valence electrons. The van der Waals surface area contributed by atoms with Crippen molar-refractivity contribution >= 4 is 64.0 Å². The number of hydrogen-bond acceptors (Lipinski definition) is 2. The molecular formula is C9H3Cl5O2. The van der Waals surface area contributed by atoms with Crippen molar-refractivity contribution in [2.24, 2.45) is 0 Å². The lowest BCUT2D eigenvalue weighted by Crippen LogP contribution is -2.04. The molecule has 0 fully saturated rings. The molecule has 0 saturated carbocycles. The fourth-order valence-electron chi connectivity index (χ4n) is 0.817. The molecule has 0 bridgehead atoms. The second kappa shape index (κ2) is 5.48. The molecule has 0 spiro atoms. The largest absolute Gasteiger partial charge is 0.420 e. The summed E-state index contributed by atoms with van der Waals surface area (Å²) in [6, 6.07) is 0. The molecule has 16 heavy (non-hydrogen) atoms. The smallest absolute Gasteiger partial charge is 0.335 e. The van der Waals surface area contributed by atoms with Gasteiger partial charge in [-0.1, -0.05) is 64.6 Å². The van der Waals surface area contributed by atoms with E-state index in [1.54, 1.807) is 0 Å². The van der Waals surface area contributed by atoms with Crippen LogP contribution in [0.15, 0.2) is 12.7 Å². The highest BCUT2D eigenvalue weighted by Gasteiger charge is 2.21. The minimum atomic E-state index is -0.738. The summed E-state index contributed by atoms with van der Waals surface area (Å²) in [6.07, 6.45) is 0.947. The average molecular weight is 320 g/mol. The molecule has 1 rings (SSSR count). The van der Waals surface area contributed by atoms with E-state index in [1.807, 2.05) is 0 Å². The number of esters is 1. The third-order valence-corrected chi connectivity index (χ3v) is 3.78. The van der Waals surface area contributed by atoms with Gasteiger partial charge in [-0.3, -0.25) is 0 Å². The highest BCUT2D eigenvalue weighted by Crippen LogP contribution is 2.48. The topological polar surface area (TPSA) is 26.3 Å². The summed E-state index contributed by atoms with van der Waals surface area (Å²) in [5, 5.41) is -0.251. The number of halogens is 5. The van der Waals surface area contributed by atoms with Crippen molar-refractivity contribution in [3.8, 4) is 5.75 Å². The van der Waals surface area contributed by atoms with Gasteiger partial charge < -0.3 is 4.74 Å². The van der Waals surface area contributed by atoms with Gasteiger partial charge in [0.05, 0.1) is 15.1 Å². The first kappa shape index (κ1) is 13.9. The molecule has 2 nitrogen and oxygen atoms in total. The van der Waals surface area contributed by atoms with Crippen LogP contribution in [0, 0.1) is 0 Å². The van der Waals surface area contributed by atoms with Crippen LogP contribution in [-0.2, 0) is 4.79 Å². The van der Waals surface area contributed by atoms with Crippen LogP contribution in [0.25, 0.3) is 0 Å². The second-order valence-corrected chi connectivity index (χ2v) is 4.41. The van der Waals surface area contributed by atoms with E-state index < -0.39 is 5.97 Å². The van der Waals surface area contributed by atoms with Crippen LogP contribution >= 0.6 is 58.0 Å². The van der Waals surface area contributed by atoms with Crippen molar-refractivity contribution in [2.75, 3.05) is 0 Å². The first-order valence-electron chi connectivity index (χ1n) is 3.75. The van der Waals surface area contributed by atoms with E-state index in [0.717, 1.165) is 6.08 Å². The minimum absolute atomic E-state index is 0.00302. The number of hydrogen-bond donors (Lipinski definition) is 0. The Labute approximate surface area is 117 Å². The monoisotopic (exact) mass is 318 g/mol. The predicted molar refractivity (Wildman–Crippen MR) is 67.3 cm³/mol. The van der Waals surface area contributed by atoms with Gasteiger partial charge in [0, 0.05) is 6.08 Å². The molecule has 0 heterocycles. The molecule has 0 aromatic heterocycles. The number of rotatable bonds is 2. The zero-order valence-corrected chi connectivity index (χ0v) is 11.3. The fourth-order valence-corrected chi connectivity index (χ4v) is 2.01. The summed E-state index contributed by atoms with van der Waals surface area (Å²) in [5.74, 6) is -0.883. The number of carbonyl (C=O) groups excluding carboxylic acids is 1. The lowest BCUT2D eigenvalue weighted by atomic mass is 10.3. The van der Waals surface area contributed by atoms with E-state index in [2.05, 4.69) is 6.58 Å². The molecule has 1 aromatic carbocycles. The Morgan fingerprint density at radius 1 is 0.938 bits per heavy atom. The Balaban J connectivity index is 3.39. The first-order chi connectivity index (χ1) is 7.40. The van der Waals surface area contributed by atoms with Gasteiger partial charge in [-0.2, -0.15) is 0 Å². The number of carbonyl (C=O) groups is 1. The molecule has 0 unspecified atom stereocenters. The summed E-state index contributed by atoms with van der Waals surface area (Å²) < 4.78 is 4.79. The minimum Gasteiger partial charge on any atom is -0.420 e.